The monoisotopic (exact) mass is 476 g/mol. The first kappa shape index (κ1) is 23.1. The molecular weight excluding hydrogens is 455 g/mol. The van der Waals surface area contributed by atoms with Crippen molar-refractivity contribution in [2.24, 2.45) is 0 Å². The Hall–Kier alpha value is -4.05. The van der Waals surface area contributed by atoms with Crippen molar-refractivity contribution in [1.29, 1.82) is 0 Å². The summed E-state index contributed by atoms with van der Waals surface area (Å²) < 4.78 is 16.3. The van der Waals surface area contributed by atoms with Gasteiger partial charge in [0.15, 0.2) is 11.0 Å². The maximum absolute atomic E-state index is 14.7. The van der Waals surface area contributed by atoms with Crippen molar-refractivity contribution in [3.05, 3.63) is 78.9 Å². The summed E-state index contributed by atoms with van der Waals surface area (Å²) in [7, 11) is 0. The predicted octanol–water partition coefficient (Wildman–Crippen LogP) is 4.55. The highest BCUT2D eigenvalue weighted by molar-refractivity contribution is 8.00. The second kappa shape index (κ2) is 10.3. The number of nitrogens with one attached hydrogen (secondary N) is 2. The molecule has 0 saturated carbocycles. The van der Waals surface area contributed by atoms with Gasteiger partial charge in [0.2, 0.25) is 11.8 Å². The summed E-state index contributed by atoms with van der Waals surface area (Å²) in [6.07, 6.45) is 3.26. The van der Waals surface area contributed by atoms with Gasteiger partial charge in [-0.25, -0.2) is 4.39 Å². The molecule has 0 spiro atoms. The molecule has 0 saturated heterocycles. The minimum Gasteiger partial charge on any atom is -0.326 e. The van der Waals surface area contributed by atoms with E-state index in [-0.39, 0.29) is 17.5 Å². The SMILES string of the molecule is CC(=O)Nc1ccc(NC(=O)C(C)Sc2nnc(-c3cccnc3)n2-c2ccccc2F)cc1. The second-order valence-corrected chi connectivity index (χ2v) is 8.65. The molecule has 4 rings (SSSR count). The number of aromatic nitrogens is 4. The third kappa shape index (κ3) is 5.29. The lowest BCUT2D eigenvalue weighted by Gasteiger charge is -2.14. The first-order valence-electron chi connectivity index (χ1n) is 10.4. The molecule has 0 bridgehead atoms. The highest BCUT2D eigenvalue weighted by Crippen LogP contribution is 2.31. The highest BCUT2D eigenvalue weighted by atomic mass is 32.2. The van der Waals surface area contributed by atoms with Crippen LogP contribution in [0.25, 0.3) is 17.1 Å². The number of carbonyl (C=O) groups excluding carboxylic acids is 2. The van der Waals surface area contributed by atoms with Crippen molar-refractivity contribution in [2.45, 2.75) is 24.3 Å². The van der Waals surface area contributed by atoms with Crippen LogP contribution in [0.15, 0.2) is 78.2 Å². The molecule has 2 amide bonds. The van der Waals surface area contributed by atoms with Crippen molar-refractivity contribution in [3.63, 3.8) is 0 Å². The molecule has 8 nitrogen and oxygen atoms in total. The average molecular weight is 477 g/mol. The van der Waals surface area contributed by atoms with E-state index >= 15 is 0 Å². The summed E-state index contributed by atoms with van der Waals surface area (Å²) in [5.41, 5.74) is 2.16. The number of thioether (sulfide) groups is 1. The summed E-state index contributed by atoms with van der Waals surface area (Å²) in [6.45, 7) is 3.16. The highest BCUT2D eigenvalue weighted by Gasteiger charge is 2.23. The predicted molar refractivity (Wildman–Crippen MR) is 129 cm³/mol. The van der Waals surface area contributed by atoms with Crippen LogP contribution in [0.1, 0.15) is 13.8 Å². The van der Waals surface area contributed by atoms with E-state index in [1.807, 2.05) is 6.07 Å². The summed E-state index contributed by atoms with van der Waals surface area (Å²) in [5.74, 6) is -0.456. The zero-order chi connectivity index (χ0) is 24.1. The molecule has 0 aliphatic carbocycles. The summed E-state index contributed by atoms with van der Waals surface area (Å²) in [4.78, 5) is 28.1. The van der Waals surface area contributed by atoms with Crippen molar-refractivity contribution in [2.75, 3.05) is 10.6 Å². The molecule has 0 fully saturated rings. The Morgan fingerprint density at radius 1 is 0.971 bits per heavy atom. The molecule has 1 atom stereocenters. The molecule has 1 unspecified atom stereocenters. The van der Waals surface area contributed by atoms with Crippen molar-refractivity contribution < 1.29 is 14.0 Å². The first-order valence-corrected chi connectivity index (χ1v) is 11.3. The van der Waals surface area contributed by atoms with Gasteiger partial charge >= 0.3 is 0 Å². The summed E-state index contributed by atoms with van der Waals surface area (Å²) in [5, 5.41) is 13.8. The first-order chi connectivity index (χ1) is 16.4. The Balaban J connectivity index is 1.57. The average Bonchev–Trinajstić information content (AvgIpc) is 3.24. The Bertz CT molecular complexity index is 1310. The number of anilines is 2. The molecule has 2 heterocycles. The van der Waals surface area contributed by atoms with E-state index in [1.54, 1.807) is 72.4 Å². The van der Waals surface area contributed by atoms with Crippen LogP contribution in [0.3, 0.4) is 0 Å². The van der Waals surface area contributed by atoms with Gasteiger partial charge in [-0.3, -0.25) is 19.1 Å². The van der Waals surface area contributed by atoms with Crippen LogP contribution in [0.4, 0.5) is 15.8 Å². The third-order valence-corrected chi connectivity index (χ3v) is 5.81. The minimum atomic E-state index is -0.563. The number of halogens is 1. The smallest absolute Gasteiger partial charge is 0.237 e. The number of para-hydroxylation sites is 1. The molecule has 34 heavy (non-hydrogen) atoms. The van der Waals surface area contributed by atoms with E-state index in [4.69, 9.17) is 0 Å². The summed E-state index contributed by atoms with van der Waals surface area (Å²) in [6, 6.07) is 16.7. The fraction of sp³-hybridized carbons (Fsp3) is 0.125. The molecule has 172 valence electrons. The fourth-order valence-electron chi connectivity index (χ4n) is 3.17. The molecule has 0 aliphatic heterocycles. The molecule has 10 heteroatoms. The lowest BCUT2D eigenvalue weighted by Crippen LogP contribution is -2.23. The topological polar surface area (TPSA) is 102 Å². The van der Waals surface area contributed by atoms with Gasteiger partial charge in [0.25, 0.3) is 0 Å². The van der Waals surface area contributed by atoms with Gasteiger partial charge in [-0.05, 0) is 55.5 Å². The molecule has 2 aromatic carbocycles. The number of nitrogens with zero attached hydrogens (tertiary/aromatic N) is 4. The standard InChI is InChI=1S/C24H21FN6O2S/c1-15(23(33)28-19-11-9-18(10-12-19)27-16(2)32)34-24-30-29-22(17-6-5-13-26-14-17)31(24)21-8-4-3-7-20(21)25/h3-15H,1-2H3,(H,27,32)(H,28,33). The van der Waals surface area contributed by atoms with Crippen LogP contribution < -0.4 is 10.6 Å². The van der Waals surface area contributed by atoms with Crippen LogP contribution in [0.5, 0.6) is 0 Å². The van der Waals surface area contributed by atoms with Crippen molar-refractivity contribution in [3.8, 4) is 17.1 Å². The van der Waals surface area contributed by atoms with Gasteiger partial charge in [0.05, 0.1) is 10.9 Å². The zero-order valence-electron chi connectivity index (χ0n) is 18.4. The number of benzene rings is 2. The Labute approximate surface area is 199 Å². The van der Waals surface area contributed by atoms with Crippen LogP contribution in [0, 0.1) is 5.82 Å². The number of hydrogen-bond donors (Lipinski definition) is 2. The van der Waals surface area contributed by atoms with E-state index in [1.165, 1.54) is 13.0 Å². The van der Waals surface area contributed by atoms with Crippen molar-refractivity contribution in [1.82, 2.24) is 19.7 Å². The quantitative estimate of drug-likeness (QED) is 0.380. The lowest BCUT2D eigenvalue weighted by molar-refractivity contribution is -0.115. The number of amides is 2. The molecule has 2 N–H and O–H groups in total. The maximum Gasteiger partial charge on any atom is 0.237 e. The van der Waals surface area contributed by atoms with Crippen LogP contribution in [0.2, 0.25) is 0 Å². The van der Waals surface area contributed by atoms with E-state index in [0.717, 1.165) is 11.8 Å². The Kier molecular flexibility index (Phi) is 6.98. The Morgan fingerprint density at radius 3 is 2.32 bits per heavy atom. The number of pyridine rings is 1. The van der Waals surface area contributed by atoms with E-state index in [9.17, 15) is 14.0 Å². The molecular formula is C24H21FN6O2S. The maximum atomic E-state index is 14.7. The Morgan fingerprint density at radius 2 is 1.68 bits per heavy atom. The van der Waals surface area contributed by atoms with E-state index < -0.39 is 11.1 Å². The lowest BCUT2D eigenvalue weighted by atomic mass is 10.2. The molecule has 4 aromatic rings. The number of rotatable bonds is 7. The van der Waals surface area contributed by atoms with Gasteiger partial charge in [0.1, 0.15) is 5.82 Å². The zero-order valence-corrected chi connectivity index (χ0v) is 19.2. The van der Waals surface area contributed by atoms with E-state index in [0.29, 0.717) is 27.9 Å². The molecule has 0 aliphatic rings. The van der Waals surface area contributed by atoms with Gasteiger partial charge in [-0.2, -0.15) is 0 Å². The summed E-state index contributed by atoms with van der Waals surface area (Å²) >= 11 is 1.16. The minimum absolute atomic E-state index is 0.175. The van der Waals surface area contributed by atoms with Gasteiger partial charge < -0.3 is 10.6 Å². The number of carbonyl (C=O) groups is 2. The molecule has 0 radical (unpaired) electrons. The van der Waals surface area contributed by atoms with Gasteiger partial charge in [0, 0.05) is 36.3 Å². The second-order valence-electron chi connectivity index (χ2n) is 7.34. The molecule has 2 aromatic heterocycles. The normalized spacial score (nSPS) is 11.6. The third-order valence-electron chi connectivity index (χ3n) is 4.77. The van der Waals surface area contributed by atoms with Crippen LogP contribution in [-0.2, 0) is 9.59 Å². The van der Waals surface area contributed by atoms with Crippen LogP contribution in [-0.4, -0.2) is 36.8 Å². The van der Waals surface area contributed by atoms with E-state index in [2.05, 4.69) is 25.8 Å². The largest absolute Gasteiger partial charge is 0.326 e. The fourth-order valence-corrected chi connectivity index (χ4v) is 4.03. The van der Waals surface area contributed by atoms with Gasteiger partial charge in [-0.1, -0.05) is 23.9 Å². The van der Waals surface area contributed by atoms with Crippen LogP contribution >= 0.6 is 11.8 Å². The van der Waals surface area contributed by atoms with Gasteiger partial charge in [-0.15, -0.1) is 10.2 Å². The van der Waals surface area contributed by atoms with Crippen molar-refractivity contribution >= 4 is 35.0 Å². The number of hydrogen-bond acceptors (Lipinski definition) is 6.